The van der Waals surface area contributed by atoms with Crippen molar-refractivity contribution in [3.05, 3.63) is 35.1 Å². The van der Waals surface area contributed by atoms with Gasteiger partial charge >= 0.3 is 0 Å². The van der Waals surface area contributed by atoms with E-state index in [2.05, 4.69) is 20.9 Å². The predicted octanol–water partition coefficient (Wildman–Crippen LogP) is 2.74. The zero-order valence-corrected chi connectivity index (χ0v) is 18.6. The molecule has 0 spiro atoms. The average molecular weight is 482 g/mol. The van der Waals surface area contributed by atoms with Crippen LogP contribution in [-0.4, -0.2) is 38.8 Å². The monoisotopic (exact) mass is 482 g/mol. The van der Waals surface area contributed by atoms with Gasteiger partial charge in [-0.1, -0.05) is 6.07 Å². The molecule has 1 aromatic carbocycles. The van der Waals surface area contributed by atoms with Crippen molar-refractivity contribution in [3.8, 4) is 0 Å². The highest BCUT2D eigenvalue weighted by Crippen LogP contribution is 2.17. The van der Waals surface area contributed by atoms with Crippen molar-refractivity contribution in [1.82, 2.24) is 16.0 Å². The second-order valence-electron chi connectivity index (χ2n) is 6.09. The number of rotatable bonds is 7. The van der Waals surface area contributed by atoms with E-state index in [1.165, 1.54) is 6.07 Å². The Morgan fingerprint density at radius 2 is 1.96 bits per heavy atom. The van der Waals surface area contributed by atoms with Crippen molar-refractivity contribution in [3.63, 3.8) is 0 Å². The molecule has 1 aromatic rings. The fraction of sp³-hybridized carbons (Fsp3) is 0.529. The van der Waals surface area contributed by atoms with Gasteiger partial charge in [-0.3, -0.25) is 9.79 Å². The van der Waals surface area contributed by atoms with Crippen LogP contribution in [0, 0.1) is 11.2 Å². The molecule has 3 N–H and O–H groups in total. The molecule has 5 nitrogen and oxygen atoms in total. The summed E-state index contributed by atoms with van der Waals surface area (Å²) in [6.07, 6.45) is 1.99. The van der Waals surface area contributed by atoms with Gasteiger partial charge < -0.3 is 16.0 Å². The van der Waals surface area contributed by atoms with E-state index in [1.807, 2.05) is 20.1 Å². The second kappa shape index (κ2) is 11.6. The molecule has 0 heterocycles. The Balaban J connectivity index is 0.00000576. The van der Waals surface area contributed by atoms with Crippen LogP contribution in [0.2, 0.25) is 0 Å². The number of hydrogen-bond donors (Lipinski definition) is 3. The summed E-state index contributed by atoms with van der Waals surface area (Å²) in [6.45, 7) is 4.72. The molecule has 1 rings (SSSR count). The summed E-state index contributed by atoms with van der Waals surface area (Å²) < 4.78 is 13.4. The zero-order chi connectivity index (χ0) is 18.2. The summed E-state index contributed by atoms with van der Waals surface area (Å²) in [5.74, 6) is 1.10. The Bertz CT molecular complexity index is 596. The fourth-order valence-corrected chi connectivity index (χ4v) is 2.76. The highest BCUT2D eigenvalue weighted by Gasteiger charge is 2.26. The molecule has 0 radical (unpaired) electrons. The Morgan fingerprint density at radius 3 is 2.52 bits per heavy atom. The van der Waals surface area contributed by atoms with E-state index < -0.39 is 5.41 Å². The lowest BCUT2D eigenvalue weighted by Gasteiger charge is -2.24. The first kappa shape index (κ1) is 24.0. The maximum Gasteiger partial charge on any atom is 0.227 e. The van der Waals surface area contributed by atoms with Crippen molar-refractivity contribution in [2.45, 2.75) is 26.1 Å². The second-order valence-corrected chi connectivity index (χ2v) is 6.95. The van der Waals surface area contributed by atoms with Gasteiger partial charge in [0.05, 0.1) is 5.41 Å². The molecule has 0 aliphatic rings. The summed E-state index contributed by atoms with van der Waals surface area (Å²) in [5, 5.41) is 9.02. The highest BCUT2D eigenvalue weighted by molar-refractivity contribution is 14.0. The fourth-order valence-electron chi connectivity index (χ4n) is 2.18. The number of hydrogen-bond acceptors (Lipinski definition) is 3. The van der Waals surface area contributed by atoms with Gasteiger partial charge in [-0.2, -0.15) is 11.8 Å². The quantitative estimate of drug-likeness (QED) is 0.318. The van der Waals surface area contributed by atoms with Gasteiger partial charge in [0.25, 0.3) is 0 Å². The molecule has 0 atom stereocenters. The molecule has 1 amide bonds. The normalized spacial score (nSPS) is 11.5. The van der Waals surface area contributed by atoms with Gasteiger partial charge in [0, 0.05) is 32.9 Å². The summed E-state index contributed by atoms with van der Waals surface area (Å²) in [4.78, 5) is 16.0. The number of carbonyl (C=O) groups excluding carboxylic acids is 1. The molecule has 0 aliphatic carbocycles. The lowest BCUT2D eigenvalue weighted by Crippen LogP contribution is -2.47. The summed E-state index contributed by atoms with van der Waals surface area (Å²) in [6, 6.07) is 4.82. The smallest absolute Gasteiger partial charge is 0.227 e. The summed E-state index contributed by atoms with van der Waals surface area (Å²) >= 11 is 1.65. The third kappa shape index (κ3) is 7.81. The number of aliphatic imine (C=N–C) groups is 1. The number of carbonyl (C=O) groups is 1. The molecular weight excluding hydrogens is 454 g/mol. The van der Waals surface area contributed by atoms with Crippen molar-refractivity contribution in [2.75, 3.05) is 26.9 Å². The van der Waals surface area contributed by atoms with Crippen LogP contribution < -0.4 is 16.0 Å². The van der Waals surface area contributed by atoms with Gasteiger partial charge in [0.2, 0.25) is 5.91 Å². The van der Waals surface area contributed by atoms with Gasteiger partial charge in [-0.05, 0) is 43.4 Å². The van der Waals surface area contributed by atoms with Gasteiger partial charge in [-0.15, -0.1) is 24.0 Å². The van der Waals surface area contributed by atoms with E-state index in [0.717, 1.165) is 16.9 Å². The molecule has 0 saturated carbocycles. The van der Waals surface area contributed by atoms with Crippen LogP contribution in [0.25, 0.3) is 0 Å². The van der Waals surface area contributed by atoms with Crippen LogP contribution in [0.5, 0.6) is 0 Å². The van der Waals surface area contributed by atoms with Crippen LogP contribution in [0.4, 0.5) is 4.39 Å². The van der Waals surface area contributed by atoms with E-state index in [1.54, 1.807) is 38.0 Å². The van der Waals surface area contributed by atoms with Crippen LogP contribution in [0.1, 0.15) is 25.0 Å². The lowest BCUT2D eigenvalue weighted by molar-refractivity contribution is -0.128. The van der Waals surface area contributed by atoms with Crippen LogP contribution >= 0.6 is 35.7 Å². The summed E-state index contributed by atoms with van der Waals surface area (Å²) in [7, 11) is 3.30. The van der Waals surface area contributed by atoms with E-state index in [0.29, 0.717) is 19.0 Å². The first-order valence-electron chi connectivity index (χ1n) is 7.77. The summed E-state index contributed by atoms with van der Waals surface area (Å²) in [5.41, 5.74) is 1.45. The number of thioether (sulfide) groups is 1. The molecule has 0 aliphatic heterocycles. The molecule has 0 fully saturated rings. The minimum atomic E-state index is -0.549. The van der Waals surface area contributed by atoms with Crippen LogP contribution in [0.3, 0.4) is 0 Å². The standard InChI is InChI=1S/C17H27FN4OS.HI/c1-17(2,15(23)19-3)11-22-16(20-4)21-9-12-6-7-14(18)8-13(12)10-24-5;/h6-8H,9-11H2,1-5H3,(H,19,23)(H2,20,21,22);1H. The molecule has 142 valence electrons. The first-order valence-corrected chi connectivity index (χ1v) is 9.16. The predicted molar refractivity (Wildman–Crippen MR) is 115 cm³/mol. The SMILES string of the molecule is CN=C(NCc1ccc(F)cc1CSC)NCC(C)(C)C(=O)NC.I. The molecule has 25 heavy (non-hydrogen) atoms. The number of nitrogens with one attached hydrogen (secondary N) is 3. The van der Waals surface area contributed by atoms with Gasteiger partial charge in [-0.25, -0.2) is 4.39 Å². The highest BCUT2D eigenvalue weighted by atomic mass is 127. The number of benzene rings is 1. The average Bonchev–Trinajstić information content (AvgIpc) is 2.56. The maximum atomic E-state index is 13.4. The number of amides is 1. The minimum absolute atomic E-state index is 0. The first-order chi connectivity index (χ1) is 11.3. The third-order valence-electron chi connectivity index (χ3n) is 3.68. The maximum absolute atomic E-state index is 13.4. The Hall–Kier alpha value is -1.03. The van der Waals surface area contributed by atoms with Crippen LogP contribution in [-0.2, 0) is 17.1 Å². The lowest BCUT2D eigenvalue weighted by atomic mass is 9.92. The molecule has 0 saturated heterocycles. The van der Waals surface area contributed by atoms with Gasteiger partial charge in [0.1, 0.15) is 5.82 Å². The molecule has 0 bridgehead atoms. The van der Waals surface area contributed by atoms with Gasteiger partial charge in [0.15, 0.2) is 5.96 Å². The zero-order valence-electron chi connectivity index (χ0n) is 15.4. The largest absolute Gasteiger partial charge is 0.359 e. The van der Waals surface area contributed by atoms with E-state index in [-0.39, 0.29) is 35.7 Å². The third-order valence-corrected chi connectivity index (χ3v) is 4.28. The van der Waals surface area contributed by atoms with E-state index in [9.17, 15) is 9.18 Å². The van der Waals surface area contributed by atoms with E-state index in [4.69, 9.17) is 0 Å². The van der Waals surface area contributed by atoms with Crippen molar-refractivity contribution in [1.29, 1.82) is 0 Å². The van der Waals surface area contributed by atoms with Crippen molar-refractivity contribution in [2.24, 2.45) is 10.4 Å². The number of nitrogens with zero attached hydrogens (tertiary/aromatic N) is 1. The Labute approximate surface area is 171 Å². The number of guanidine groups is 1. The molecule has 0 unspecified atom stereocenters. The minimum Gasteiger partial charge on any atom is -0.359 e. The Kier molecular flexibility index (Phi) is 11.1. The van der Waals surface area contributed by atoms with Crippen molar-refractivity contribution < 1.29 is 9.18 Å². The number of halogens is 2. The van der Waals surface area contributed by atoms with Crippen molar-refractivity contribution >= 4 is 47.6 Å². The van der Waals surface area contributed by atoms with Crippen LogP contribution in [0.15, 0.2) is 23.2 Å². The topological polar surface area (TPSA) is 65.5 Å². The molecule has 0 aromatic heterocycles. The molecule has 8 heteroatoms. The Morgan fingerprint density at radius 1 is 1.28 bits per heavy atom. The van der Waals surface area contributed by atoms with E-state index >= 15 is 0 Å². The molecular formula is C17H28FIN4OS.